The summed E-state index contributed by atoms with van der Waals surface area (Å²) >= 11 is 0. The molecule has 630 valence electrons. The summed E-state index contributed by atoms with van der Waals surface area (Å²) in [6, 6.07) is 0. The Kier molecular flexibility index (Phi) is 36.1. The third-order valence-electron chi connectivity index (χ3n) is 34.9. The molecule has 0 spiro atoms. The molecule has 6 heteroatoms. The van der Waals surface area contributed by atoms with Gasteiger partial charge in [0.25, 0.3) is 0 Å². The van der Waals surface area contributed by atoms with Gasteiger partial charge in [-0.1, -0.05) is 213 Å². The first-order valence-electron chi connectivity index (χ1n) is 47.1. The van der Waals surface area contributed by atoms with Crippen LogP contribution < -0.4 is 0 Å². The molecule has 0 aromatic carbocycles. The second kappa shape index (κ2) is 39.9. The van der Waals surface area contributed by atoms with Crippen LogP contribution >= 0.6 is 0 Å². The topological polar surface area (TPSA) is 115 Å². The quantitative estimate of drug-likeness (QED) is 0.0859. The van der Waals surface area contributed by atoms with Crippen molar-refractivity contribution in [1.82, 2.24) is 0 Å². The minimum atomic E-state index is -0.545. The van der Waals surface area contributed by atoms with Gasteiger partial charge in [0.05, 0.1) is 23.4 Å². The maximum Gasteiger partial charge on any atom is 0.136 e. The number of ketones is 2. The van der Waals surface area contributed by atoms with E-state index in [1.807, 2.05) is 41.5 Å². The molecule has 0 aromatic rings. The zero-order chi connectivity index (χ0) is 81.2. The fraction of sp³-hybridized carbons (Fsp3) is 0.980. The molecule has 10 saturated carbocycles. The molecular formula is C101H190O6. The zero-order valence-electron chi connectivity index (χ0n) is 77.6. The molecule has 11 unspecified atom stereocenters. The lowest BCUT2D eigenvalue weighted by Gasteiger charge is -2.47. The molecule has 6 nitrogen and oxygen atoms in total. The number of aliphatic hydroxyl groups excluding tert-OH is 2. The molecular weight excluding hydrogens is 1310 g/mol. The number of carbonyl (C=O) groups excluding carboxylic acids is 2. The molecule has 10 aliphatic carbocycles. The van der Waals surface area contributed by atoms with Crippen LogP contribution in [0.4, 0.5) is 0 Å². The van der Waals surface area contributed by atoms with Crippen LogP contribution in [0.15, 0.2) is 0 Å². The second-order valence-electron chi connectivity index (χ2n) is 47.0. The lowest BCUT2D eigenvalue weighted by atomic mass is 9.58. The standard InChI is InChI=1S/C21H40.2C20H36O.2C19H36O2.C2H6/c1-15(12-14-20(4,5)6)17(3)19-11-10-18-16(2)9-8-13-21(18,19)7;2*1-14(11-13-19(3,4)5)15(2)16-9-10-17-18(21)8-7-12-20(16,17)6;2*1-13(10-12-18(3,4)21)14(2)15-8-9-16-17(20)7-6-11-19(15,16)5;1-2/h15-19H,8-14H2,1-7H3;2*14-17H,7-13H2,1-6H3;2*13-17,20-21H,6-12H2,1-5H3;1-2H3/t15?,16-,17-,18?,19?,21-;14-,15+,16?,17?,20-;14-,15-,16?,17?,20+;13-,14+,15?,16?,17+,19-;13-,14-,15?,16?,17-,19+;/m01010./s1. The first kappa shape index (κ1) is 96.8. The third kappa shape index (κ3) is 25.6. The highest BCUT2D eigenvalue weighted by Gasteiger charge is 2.58. The number of aliphatic hydroxyl groups is 4. The van der Waals surface area contributed by atoms with E-state index in [0.717, 1.165) is 154 Å². The van der Waals surface area contributed by atoms with Gasteiger partial charge in [0.2, 0.25) is 0 Å². The number of carbonyl (C=O) groups is 2. The molecule has 0 aromatic heterocycles. The van der Waals surface area contributed by atoms with Gasteiger partial charge in [-0.05, 0) is 370 Å². The highest BCUT2D eigenvalue weighted by Crippen LogP contribution is 2.64. The predicted molar refractivity (Wildman–Crippen MR) is 462 cm³/mol. The Morgan fingerprint density at radius 2 is 0.561 bits per heavy atom. The highest BCUT2D eigenvalue weighted by atomic mass is 16.3. The van der Waals surface area contributed by atoms with Crippen molar-refractivity contribution in [3.8, 4) is 0 Å². The summed E-state index contributed by atoms with van der Waals surface area (Å²) in [6.07, 6.45) is 42.8. The van der Waals surface area contributed by atoms with Crippen LogP contribution in [0.3, 0.4) is 0 Å². The van der Waals surface area contributed by atoms with E-state index in [0.29, 0.717) is 102 Å². The van der Waals surface area contributed by atoms with Crippen LogP contribution in [0.5, 0.6) is 0 Å². The molecule has 4 N–H and O–H groups in total. The largest absolute Gasteiger partial charge is 0.393 e. The second-order valence-corrected chi connectivity index (χ2v) is 47.0. The fourth-order valence-electron chi connectivity index (χ4n) is 26.7. The molecule has 28 atom stereocenters. The minimum Gasteiger partial charge on any atom is -0.393 e. The number of rotatable bonds is 22. The van der Waals surface area contributed by atoms with E-state index >= 15 is 0 Å². The van der Waals surface area contributed by atoms with Gasteiger partial charge >= 0.3 is 0 Å². The molecule has 107 heavy (non-hydrogen) atoms. The van der Waals surface area contributed by atoms with Gasteiger partial charge in [-0.15, -0.1) is 0 Å². The monoisotopic (exact) mass is 1500 g/mol. The van der Waals surface area contributed by atoms with Crippen LogP contribution in [-0.4, -0.2) is 55.4 Å². The van der Waals surface area contributed by atoms with Crippen LogP contribution in [-0.2, 0) is 9.59 Å². The van der Waals surface area contributed by atoms with E-state index in [1.165, 1.54) is 148 Å². The van der Waals surface area contributed by atoms with E-state index in [1.54, 1.807) is 0 Å². The minimum absolute atomic E-state index is 0.0624. The Balaban J connectivity index is 0.000000238. The smallest absolute Gasteiger partial charge is 0.136 e. The molecule has 0 heterocycles. The van der Waals surface area contributed by atoms with Crippen molar-refractivity contribution in [1.29, 1.82) is 0 Å². The van der Waals surface area contributed by atoms with E-state index in [4.69, 9.17) is 0 Å². The van der Waals surface area contributed by atoms with Crippen molar-refractivity contribution in [2.24, 2.45) is 168 Å². The van der Waals surface area contributed by atoms with Crippen molar-refractivity contribution < 1.29 is 30.0 Å². The van der Waals surface area contributed by atoms with Crippen LogP contribution in [0.1, 0.15) is 439 Å². The van der Waals surface area contributed by atoms with Crippen molar-refractivity contribution >= 4 is 11.6 Å². The van der Waals surface area contributed by atoms with Crippen molar-refractivity contribution in [3.63, 3.8) is 0 Å². The number of fused-ring (bicyclic) bond motifs is 5. The zero-order valence-corrected chi connectivity index (χ0v) is 77.6. The summed E-state index contributed by atoms with van der Waals surface area (Å²) in [4.78, 5) is 24.6. The molecule has 0 aliphatic heterocycles. The maximum absolute atomic E-state index is 12.3. The SMILES string of the molecule is CC.CC(CCC(C)(C)C)[C@H](C)C1CCC2[C@@H](C)CCC[C@]12C.C[C@H](C1CCC2C(=O)CCC[C@@]21C)[C@@H](C)CCC(C)(C)C.C[C@H](C1CCC2[C@@H](O)CCC[C@]12C)[C@@H](C)CCC(C)(C)O.C[C@H](CCC(C)(C)C)[C@H](C)C1CCC2C(=O)CCC[C@@]21C.C[C@H](CCC(C)(C)O)[C@H](C)C1CCC2[C@@H](O)CCC[C@]12C. The Morgan fingerprint density at radius 1 is 0.327 bits per heavy atom. The van der Waals surface area contributed by atoms with E-state index in [2.05, 4.69) is 173 Å². The average Bonchev–Trinajstić information content (AvgIpc) is 1.66. The molecule has 10 aliphatic rings. The van der Waals surface area contributed by atoms with Crippen LogP contribution in [0.2, 0.25) is 0 Å². The van der Waals surface area contributed by atoms with Crippen molar-refractivity contribution in [3.05, 3.63) is 0 Å². The Hall–Kier alpha value is -0.820. The Labute approximate surface area is 668 Å². The summed E-state index contributed by atoms with van der Waals surface area (Å²) < 4.78 is 0. The predicted octanol–water partition coefficient (Wildman–Crippen LogP) is 28.5. The lowest BCUT2D eigenvalue weighted by Crippen LogP contribution is -2.42. The summed E-state index contributed by atoms with van der Waals surface area (Å²) in [5.41, 5.74) is 2.26. The fourth-order valence-corrected chi connectivity index (χ4v) is 26.7. The Morgan fingerprint density at radius 3 is 0.841 bits per heavy atom. The van der Waals surface area contributed by atoms with E-state index < -0.39 is 11.2 Å². The molecule has 0 radical (unpaired) electrons. The van der Waals surface area contributed by atoms with Gasteiger partial charge in [-0.2, -0.15) is 0 Å². The first-order chi connectivity index (χ1) is 49.2. The van der Waals surface area contributed by atoms with Gasteiger partial charge in [-0.3, -0.25) is 9.59 Å². The van der Waals surface area contributed by atoms with Gasteiger partial charge in [0.1, 0.15) is 11.6 Å². The van der Waals surface area contributed by atoms with Gasteiger partial charge in [0, 0.05) is 24.7 Å². The summed E-state index contributed by atoms with van der Waals surface area (Å²) in [7, 11) is 0. The average molecular weight is 1500 g/mol. The lowest BCUT2D eigenvalue weighted by molar-refractivity contribution is -0.131. The Bertz CT molecular complexity index is 2370. The summed E-state index contributed by atoms with van der Waals surface area (Å²) in [5, 5.41) is 40.6. The summed E-state index contributed by atoms with van der Waals surface area (Å²) in [5.74, 6) is 16.5. The summed E-state index contributed by atoms with van der Waals surface area (Å²) in [6.45, 7) is 72.2. The van der Waals surface area contributed by atoms with Gasteiger partial charge in [0.15, 0.2) is 0 Å². The molecule has 10 fully saturated rings. The maximum atomic E-state index is 12.3. The number of hydrogen-bond acceptors (Lipinski definition) is 6. The molecule has 10 rings (SSSR count). The van der Waals surface area contributed by atoms with Gasteiger partial charge in [-0.25, -0.2) is 0 Å². The number of hydrogen-bond donors (Lipinski definition) is 4. The normalized spacial score (nSPS) is 37.8. The third-order valence-corrected chi connectivity index (χ3v) is 34.9. The highest BCUT2D eigenvalue weighted by molar-refractivity contribution is 5.83. The van der Waals surface area contributed by atoms with E-state index in [9.17, 15) is 30.0 Å². The van der Waals surface area contributed by atoms with Crippen molar-refractivity contribution in [2.75, 3.05) is 0 Å². The molecule has 0 saturated heterocycles. The first-order valence-corrected chi connectivity index (χ1v) is 47.1. The van der Waals surface area contributed by atoms with Crippen LogP contribution in [0, 0.1) is 168 Å². The molecule has 0 bridgehead atoms. The van der Waals surface area contributed by atoms with E-state index in [-0.39, 0.29) is 12.2 Å². The van der Waals surface area contributed by atoms with Crippen molar-refractivity contribution in [2.45, 2.75) is 463 Å². The molecule has 0 amide bonds. The van der Waals surface area contributed by atoms with Gasteiger partial charge < -0.3 is 20.4 Å². The number of Topliss-reactive ketones (excluding diaryl/α,β-unsaturated/α-hetero) is 2. The van der Waals surface area contributed by atoms with Crippen LogP contribution in [0.25, 0.3) is 0 Å².